The zero-order valence-corrected chi connectivity index (χ0v) is 18.8. The van der Waals surface area contributed by atoms with Gasteiger partial charge in [0.25, 0.3) is 0 Å². The number of hydrogen-bond acceptors (Lipinski definition) is 5. The van der Waals surface area contributed by atoms with Crippen LogP contribution >= 0.6 is 23.2 Å². The number of aliphatic hydroxyl groups excluding tert-OH is 1. The Morgan fingerprint density at radius 1 is 1.27 bits per heavy atom. The number of aliphatic hydroxyl groups is 1. The number of aromatic nitrogens is 2. The summed E-state index contributed by atoms with van der Waals surface area (Å²) in [7, 11) is 0. The van der Waals surface area contributed by atoms with Crippen LogP contribution in [0, 0.1) is 5.92 Å². The normalized spacial score (nSPS) is 15.5. The lowest BCUT2D eigenvalue weighted by atomic mass is 9.96. The predicted octanol–water partition coefficient (Wildman–Crippen LogP) is 4.04. The second-order valence-corrected chi connectivity index (χ2v) is 8.72. The fourth-order valence-electron chi connectivity index (χ4n) is 3.38. The lowest BCUT2D eigenvalue weighted by Gasteiger charge is -2.31. The molecule has 1 aromatic carbocycles. The van der Waals surface area contributed by atoms with Crippen molar-refractivity contribution in [2.24, 2.45) is 5.92 Å². The van der Waals surface area contributed by atoms with E-state index in [1.54, 1.807) is 23.2 Å². The van der Waals surface area contributed by atoms with Crippen LogP contribution in [0.3, 0.4) is 0 Å². The summed E-state index contributed by atoms with van der Waals surface area (Å²) in [5.41, 5.74) is 2.76. The minimum atomic E-state index is -0.193. The Balaban J connectivity index is 1.72. The van der Waals surface area contributed by atoms with Gasteiger partial charge in [-0.25, -0.2) is 14.8 Å². The molecular weight excluding hydrogens is 425 g/mol. The Morgan fingerprint density at radius 3 is 2.70 bits per heavy atom. The highest BCUT2D eigenvalue weighted by atomic mass is 35.5. The molecular formula is C21H27Cl2N5O2. The van der Waals surface area contributed by atoms with Crippen LogP contribution < -0.4 is 10.6 Å². The van der Waals surface area contributed by atoms with E-state index >= 15 is 0 Å². The lowest BCUT2D eigenvalue weighted by Crippen LogP contribution is -2.45. The molecule has 0 saturated carbocycles. The maximum Gasteiger partial charge on any atom is 0.318 e. The quantitative estimate of drug-likeness (QED) is 0.616. The first-order valence-corrected chi connectivity index (χ1v) is 10.8. The second kappa shape index (κ2) is 9.81. The number of benzene rings is 1. The molecule has 2 heterocycles. The molecule has 2 aromatic rings. The van der Waals surface area contributed by atoms with Crippen molar-refractivity contribution >= 4 is 35.2 Å². The van der Waals surface area contributed by atoms with E-state index in [1.807, 2.05) is 26.8 Å². The molecule has 0 radical (unpaired) electrons. The van der Waals surface area contributed by atoms with Crippen molar-refractivity contribution in [3.05, 3.63) is 51.3 Å². The largest absolute Gasteiger partial charge is 0.394 e. The second-order valence-electron chi connectivity index (χ2n) is 7.91. The van der Waals surface area contributed by atoms with Crippen LogP contribution in [-0.2, 0) is 13.0 Å². The van der Waals surface area contributed by atoms with Gasteiger partial charge in [0.2, 0.25) is 5.95 Å². The van der Waals surface area contributed by atoms with E-state index in [0.29, 0.717) is 35.5 Å². The van der Waals surface area contributed by atoms with Gasteiger partial charge in [0.1, 0.15) is 0 Å². The molecule has 162 valence electrons. The van der Waals surface area contributed by atoms with E-state index in [0.717, 1.165) is 16.8 Å². The van der Waals surface area contributed by atoms with Crippen molar-refractivity contribution in [2.75, 3.05) is 18.5 Å². The minimum Gasteiger partial charge on any atom is -0.394 e. The van der Waals surface area contributed by atoms with Crippen molar-refractivity contribution in [2.45, 2.75) is 45.8 Å². The van der Waals surface area contributed by atoms with Gasteiger partial charge in [-0.05, 0) is 42.5 Å². The summed E-state index contributed by atoms with van der Waals surface area (Å²) in [6, 6.07) is 4.94. The Labute approximate surface area is 186 Å². The molecule has 0 aliphatic carbocycles. The highest BCUT2D eigenvalue weighted by Gasteiger charge is 2.26. The van der Waals surface area contributed by atoms with E-state index < -0.39 is 0 Å². The average molecular weight is 452 g/mol. The number of carbonyl (C=O) groups is 1. The van der Waals surface area contributed by atoms with E-state index in [9.17, 15) is 9.90 Å². The summed E-state index contributed by atoms with van der Waals surface area (Å²) >= 11 is 12.2. The Kier molecular flexibility index (Phi) is 7.39. The molecule has 1 aromatic heterocycles. The Morgan fingerprint density at radius 2 is 2.03 bits per heavy atom. The number of amides is 2. The number of nitrogens with zero attached hydrogens (tertiary/aromatic N) is 3. The van der Waals surface area contributed by atoms with Gasteiger partial charge >= 0.3 is 6.03 Å². The standard InChI is InChI=1S/C21H27Cl2N5O2/c1-12(2)19(14-4-5-16(22)17(23)8-14)27-21(30)28-7-6-15-9-24-20(25-13(3)11-29)26-18(15)10-28/h4-5,8-9,12-13,19,29H,6-7,10-11H2,1-3H3,(H,27,30)(H,24,25,26)/t13-,19?/m0/s1. The van der Waals surface area contributed by atoms with Crippen LogP contribution in [0.25, 0.3) is 0 Å². The number of urea groups is 1. The van der Waals surface area contributed by atoms with Crippen molar-refractivity contribution < 1.29 is 9.90 Å². The maximum absolute atomic E-state index is 13.0. The third kappa shape index (κ3) is 5.33. The number of nitrogens with one attached hydrogen (secondary N) is 2. The fourth-order valence-corrected chi connectivity index (χ4v) is 3.68. The summed E-state index contributed by atoms with van der Waals surface area (Å²) in [4.78, 5) is 23.6. The third-order valence-electron chi connectivity index (χ3n) is 5.13. The number of hydrogen-bond donors (Lipinski definition) is 3. The van der Waals surface area contributed by atoms with Gasteiger partial charge in [-0.1, -0.05) is 43.1 Å². The first-order chi connectivity index (χ1) is 14.3. The summed E-state index contributed by atoms with van der Waals surface area (Å²) in [6.45, 7) is 6.92. The fraction of sp³-hybridized carbons (Fsp3) is 0.476. The SMILES string of the molecule is CC(C)C(NC(=O)N1CCc2cnc(N[C@@H](C)CO)nc2C1)c1ccc(Cl)c(Cl)c1. The van der Waals surface area contributed by atoms with Gasteiger partial charge < -0.3 is 20.6 Å². The molecule has 30 heavy (non-hydrogen) atoms. The van der Waals surface area contributed by atoms with E-state index in [1.165, 1.54) is 0 Å². The summed E-state index contributed by atoms with van der Waals surface area (Å²) in [6.07, 6.45) is 2.48. The first kappa shape index (κ1) is 22.6. The van der Waals surface area contributed by atoms with Gasteiger partial charge in [0.05, 0.1) is 34.9 Å². The zero-order valence-electron chi connectivity index (χ0n) is 17.3. The number of rotatable bonds is 6. The van der Waals surface area contributed by atoms with Gasteiger partial charge in [-0.2, -0.15) is 0 Å². The third-order valence-corrected chi connectivity index (χ3v) is 5.87. The van der Waals surface area contributed by atoms with Gasteiger partial charge in [-0.15, -0.1) is 0 Å². The van der Waals surface area contributed by atoms with Gasteiger partial charge in [0, 0.05) is 18.8 Å². The maximum atomic E-state index is 13.0. The zero-order chi connectivity index (χ0) is 21.8. The molecule has 7 nitrogen and oxygen atoms in total. The molecule has 0 spiro atoms. The predicted molar refractivity (Wildman–Crippen MR) is 119 cm³/mol. The van der Waals surface area contributed by atoms with E-state index in [4.69, 9.17) is 23.2 Å². The molecule has 3 rings (SSSR count). The molecule has 3 N–H and O–H groups in total. The van der Waals surface area contributed by atoms with E-state index in [-0.39, 0.29) is 30.6 Å². The summed E-state index contributed by atoms with van der Waals surface area (Å²) in [5, 5.41) is 16.3. The molecule has 1 unspecified atom stereocenters. The van der Waals surface area contributed by atoms with Crippen LogP contribution in [-0.4, -0.2) is 45.2 Å². The summed E-state index contributed by atoms with van der Waals surface area (Å²) in [5.74, 6) is 0.620. The van der Waals surface area contributed by atoms with Crippen molar-refractivity contribution in [3.63, 3.8) is 0 Å². The molecule has 1 aliphatic heterocycles. The van der Waals surface area contributed by atoms with Gasteiger partial charge in [-0.3, -0.25) is 0 Å². The smallest absolute Gasteiger partial charge is 0.318 e. The van der Waals surface area contributed by atoms with Gasteiger partial charge in [0.15, 0.2) is 0 Å². The Bertz CT molecular complexity index is 909. The van der Waals surface area contributed by atoms with E-state index in [2.05, 4.69) is 20.6 Å². The summed E-state index contributed by atoms with van der Waals surface area (Å²) < 4.78 is 0. The van der Waals surface area contributed by atoms with Crippen molar-refractivity contribution in [3.8, 4) is 0 Å². The number of anilines is 1. The van der Waals surface area contributed by atoms with Crippen molar-refractivity contribution in [1.29, 1.82) is 0 Å². The molecule has 9 heteroatoms. The van der Waals surface area contributed by atoms with Crippen LogP contribution in [0.4, 0.5) is 10.7 Å². The lowest BCUT2D eigenvalue weighted by molar-refractivity contribution is 0.183. The Hall–Kier alpha value is -2.09. The first-order valence-electron chi connectivity index (χ1n) is 10.0. The molecule has 0 bridgehead atoms. The van der Waals surface area contributed by atoms with Crippen LogP contribution in [0.5, 0.6) is 0 Å². The topological polar surface area (TPSA) is 90.4 Å². The minimum absolute atomic E-state index is 0.0136. The molecule has 1 aliphatic rings. The van der Waals surface area contributed by atoms with Crippen LogP contribution in [0.1, 0.15) is 43.6 Å². The highest BCUT2D eigenvalue weighted by molar-refractivity contribution is 6.42. The molecule has 0 fully saturated rings. The van der Waals surface area contributed by atoms with Crippen molar-refractivity contribution in [1.82, 2.24) is 20.2 Å². The molecule has 0 saturated heterocycles. The highest BCUT2D eigenvalue weighted by Crippen LogP contribution is 2.29. The van der Waals surface area contributed by atoms with Crippen LogP contribution in [0.2, 0.25) is 10.0 Å². The monoisotopic (exact) mass is 451 g/mol. The van der Waals surface area contributed by atoms with Crippen LogP contribution in [0.15, 0.2) is 24.4 Å². The number of halogens is 2. The number of fused-ring (bicyclic) bond motifs is 1. The molecule has 2 atom stereocenters. The molecule has 2 amide bonds. The average Bonchev–Trinajstić information content (AvgIpc) is 2.73. The number of carbonyl (C=O) groups excluding carboxylic acids is 1.